The number of hydrogen-bond acceptors (Lipinski definition) is 5. The number of aromatic nitrogens is 2. The lowest BCUT2D eigenvalue weighted by Gasteiger charge is -2.25. The molecule has 0 saturated carbocycles. The first-order chi connectivity index (χ1) is 13.1. The highest BCUT2D eigenvalue weighted by Gasteiger charge is 2.28. The van der Waals surface area contributed by atoms with E-state index in [-0.39, 0.29) is 0 Å². The summed E-state index contributed by atoms with van der Waals surface area (Å²) in [6.45, 7) is 7.30. The lowest BCUT2D eigenvalue weighted by molar-refractivity contribution is 0.240. The second-order valence-corrected chi connectivity index (χ2v) is 7.84. The molecule has 1 saturated heterocycles. The fourth-order valence-corrected chi connectivity index (χ4v) is 4.29. The number of hydrogen-bond donors (Lipinski definition) is 0. The van der Waals surface area contributed by atoms with E-state index in [1.165, 1.54) is 17.5 Å². The van der Waals surface area contributed by atoms with Crippen molar-refractivity contribution in [2.45, 2.75) is 45.6 Å². The Bertz CT molecular complexity index is 808. The summed E-state index contributed by atoms with van der Waals surface area (Å²) in [5, 5.41) is 0. The number of pyridine rings is 2. The standard InChI is InChI=1S/C22H29N3O2/c1-15-11-18(13-21(23-15)26-3)12-17-8-9-25(14-17)16(2)20-7-6-19-5-4-10-27-22(19)24-20/h6-7,11,13,16-17H,4-5,8-10,12,14H2,1-3H3/t16-,17-/m1/s1. The van der Waals surface area contributed by atoms with E-state index in [9.17, 15) is 0 Å². The predicted molar refractivity (Wildman–Crippen MR) is 105 cm³/mol. The molecule has 0 aromatic carbocycles. The Hall–Kier alpha value is -2.14. The van der Waals surface area contributed by atoms with Crippen molar-refractivity contribution < 1.29 is 9.47 Å². The largest absolute Gasteiger partial charge is 0.481 e. The summed E-state index contributed by atoms with van der Waals surface area (Å²) in [6, 6.07) is 8.95. The molecule has 0 bridgehead atoms. The maximum Gasteiger partial charge on any atom is 0.216 e. The molecule has 0 unspecified atom stereocenters. The normalized spacial score (nSPS) is 20.8. The molecular formula is C22H29N3O2. The molecule has 144 valence electrons. The van der Waals surface area contributed by atoms with Crippen LogP contribution in [0.2, 0.25) is 0 Å². The van der Waals surface area contributed by atoms with Crippen molar-refractivity contribution in [3.05, 3.63) is 46.8 Å². The van der Waals surface area contributed by atoms with Crippen LogP contribution < -0.4 is 9.47 Å². The van der Waals surface area contributed by atoms with E-state index in [0.29, 0.717) is 17.8 Å². The molecule has 0 radical (unpaired) electrons. The summed E-state index contributed by atoms with van der Waals surface area (Å²) >= 11 is 0. The monoisotopic (exact) mass is 367 g/mol. The van der Waals surface area contributed by atoms with Crippen LogP contribution in [0.1, 0.15) is 48.3 Å². The summed E-state index contributed by atoms with van der Waals surface area (Å²) in [7, 11) is 1.68. The van der Waals surface area contributed by atoms with Crippen LogP contribution >= 0.6 is 0 Å². The van der Waals surface area contributed by atoms with E-state index in [0.717, 1.165) is 56.2 Å². The maximum absolute atomic E-state index is 5.76. The summed E-state index contributed by atoms with van der Waals surface area (Å²) in [6.07, 6.45) is 4.47. The molecule has 0 N–H and O–H groups in total. The van der Waals surface area contributed by atoms with Gasteiger partial charge < -0.3 is 9.47 Å². The van der Waals surface area contributed by atoms with Gasteiger partial charge in [0.15, 0.2) is 0 Å². The molecule has 27 heavy (non-hydrogen) atoms. The fraction of sp³-hybridized carbons (Fsp3) is 0.545. The minimum absolute atomic E-state index is 0.319. The Labute approximate surface area is 161 Å². The summed E-state index contributed by atoms with van der Waals surface area (Å²) in [4.78, 5) is 11.8. The lowest BCUT2D eigenvalue weighted by atomic mass is 9.99. The minimum atomic E-state index is 0.319. The van der Waals surface area contributed by atoms with Crippen molar-refractivity contribution in [2.24, 2.45) is 5.92 Å². The third-order valence-electron chi connectivity index (χ3n) is 5.81. The highest BCUT2D eigenvalue weighted by molar-refractivity contribution is 5.31. The Balaban J connectivity index is 1.41. The summed E-state index contributed by atoms with van der Waals surface area (Å²) in [5.41, 5.74) is 4.71. The van der Waals surface area contributed by atoms with Gasteiger partial charge in [-0.1, -0.05) is 6.07 Å². The zero-order valence-electron chi connectivity index (χ0n) is 16.6. The molecule has 0 aliphatic carbocycles. The number of ether oxygens (including phenoxy) is 2. The van der Waals surface area contributed by atoms with Gasteiger partial charge >= 0.3 is 0 Å². The number of methoxy groups -OCH3 is 1. The maximum atomic E-state index is 5.76. The molecule has 2 aromatic heterocycles. The molecular weight excluding hydrogens is 338 g/mol. The van der Waals surface area contributed by atoms with E-state index < -0.39 is 0 Å². The predicted octanol–water partition coefficient (Wildman–Crippen LogP) is 3.74. The lowest BCUT2D eigenvalue weighted by Crippen LogP contribution is -2.26. The Morgan fingerprint density at radius 1 is 1.30 bits per heavy atom. The van der Waals surface area contributed by atoms with Crippen LogP contribution in [0.25, 0.3) is 0 Å². The molecule has 2 aliphatic rings. The molecule has 4 rings (SSSR count). The molecule has 2 aliphatic heterocycles. The SMILES string of the molecule is COc1cc(C[C@H]2CCN([C@H](C)c3ccc4c(n3)OCCC4)C2)cc(C)n1. The number of nitrogens with zero attached hydrogens (tertiary/aromatic N) is 3. The molecule has 1 fully saturated rings. The van der Waals surface area contributed by atoms with E-state index in [1.54, 1.807) is 7.11 Å². The van der Waals surface area contributed by atoms with E-state index in [4.69, 9.17) is 14.5 Å². The smallest absolute Gasteiger partial charge is 0.216 e. The molecule has 0 spiro atoms. The summed E-state index contributed by atoms with van der Waals surface area (Å²) < 4.78 is 11.1. The van der Waals surface area contributed by atoms with Crippen molar-refractivity contribution in [1.29, 1.82) is 0 Å². The number of aryl methyl sites for hydroxylation is 2. The van der Waals surface area contributed by atoms with Gasteiger partial charge in [-0.15, -0.1) is 0 Å². The minimum Gasteiger partial charge on any atom is -0.481 e. The van der Waals surface area contributed by atoms with E-state index in [2.05, 4.69) is 41.1 Å². The number of fused-ring (bicyclic) bond motifs is 1. The number of likely N-dealkylation sites (tertiary alicyclic amines) is 1. The fourth-order valence-electron chi connectivity index (χ4n) is 4.29. The molecule has 2 aromatic rings. The van der Waals surface area contributed by atoms with E-state index in [1.807, 2.05) is 6.92 Å². The average Bonchev–Trinajstić information content (AvgIpc) is 3.15. The third-order valence-corrected chi connectivity index (χ3v) is 5.81. The van der Waals surface area contributed by atoms with Crippen LogP contribution in [-0.4, -0.2) is 41.7 Å². The molecule has 0 amide bonds. The Morgan fingerprint density at radius 2 is 2.19 bits per heavy atom. The zero-order valence-corrected chi connectivity index (χ0v) is 16.6. The van der Waals surface area contributed by atoms with E-state index >= 15 is 0 Å². The van der Waals surface area contributed by atoms with Gasteiger partial charge in [-0.2, -0.15) is 0 Å². The average molecular weight is 367 g/mol. The van der Waals surface area contributed by atoms with Gasteiger partial charge in [0.05, 0.1) is 19.4 Å². The van der Waals surface area contributed by atoms with Crippen molar-refractivity contribution in [3.63, 3.8) is 0 Å². The van der Waals surface area contributed by atoms with Crippen LogP contribution in [0.5, 0.6) is 11.8 Å². The first kappa shape index (κ1) is 18.2. The molecule has 5 heteroatoms. The van der Waals surface area contributed by atoms with Crippen molar-refractivity contribution in [1.82, 2.24) is 14.9 Å². The first-order valence-electron chi connectivity index (χ1n) is 10.0. The van der Waals surface area contributed by atoms with Gasteiger partial charge in [0.2, 0.25) is 11.8 Å². The van der Waals surface area contributed by atoms with Gasteiger partial charge in [-0.05, 0) is 69.7 Å². The van der Waals surface area contributed by atoms with Gasteiger partial charge in [0, 0.05) is 29.9 Å². The molecule has 5 nitrogen and oxygen atoms in total. The number of rotatable bonds is 5. The van der Waals surface area contributed by atoms with Crippen LogP contribution in [0.3, 0.4) is 0 Å². The second kappa shape index (κ2) is 7.85. The van der Waals surface area contributed by atoms with Gasteiger partial charge in [0.1, 0.15) is 0 Å². The zero-order chi connectivity index (χ0) is 18.8. The van der Waals surface area contributed by atoms with Crippen molar-refractivity contribution in [2.75, 3.05) is 26.8 Å². The Morgan fingerprint density at radius 3 is 3.04 bits per heavy atom. The Kier molecular flexibility index (Phi) is 5.30. The van der Waals surface area contributed by atoms with Crippen molar-refractivity contribution >= 4 is 0 Å². The summed E-state index contributed by atoms with van der Waals surface area (Å²) in [5.74, 6) is 2.22. The second-order valence-electron chi connectivity index (χ2n) is 7.84. The molecule has 2 atom stereocenters. The quantitative estimate of drug-likeness (QED) is 0.806. The van der Waals surface area contributed by atoms with Crippen LogP contribution in [0, 0.1) is 12.8 Å². The molecule has 4 heterocycles. The van der Waals surface area contributed by atoms with Crippen LogP contribution in [0.15, 0.2) is 24.3 Å². The highest BCUT2D eigenvalue weighted by Crippen LogP contribution is 2.31. The van der Waals surface area contributed by atoms with Crippen molar-refractivity contribution in [3.8, 4) is 11.8 Å². The van der Waals surface area contributed by atoms with Gasteiger partial charge in [0.25, 0.3) is 0 Å². The van der Waals surface area contributed by atoms with Crippen LogP contribution in [0.4, 0.5) is 0 Å². The van der Waals surface area contributed by atoms with Gasteiger partial charge in [-0.25, -0.2) is 9.97 Å². The third kappa shape index (κ3) is 4.08. The first-order valence-corrected chi connectivity index (χ1v) is 10.0. The van der Waals surface area contributed by atoms with Crippen LogP contribution in [-0.2, 0) is 12.8 Å². The van der Waals surface area contributed by atoms with Gasteiger partial charge in [-0.3, -0.25) is 4.90 Å². The topological polar surface area (TPSA) is 47.5 Å². The highest BCUT2D eigenvalue weighted by atomic mass is 16.5.